The summed E-state index contributed by atoms with van der Waals surface area (Å²) in [4.78, 5) is 4.45. The summed E-state index contributed by atoms with van der Waals surface area (Å²) in [5, 5.41) is 1.14. The average Bonchev–Trinajstić information content (AvgIpc) is 2.47. The van der Waals surface area contributed by atoms with E-state index < -0.39 is 0 Å². The smallest absolute Gasteiger partial charge is 0.0976 e. The first-order valence-corrected chi connectivity index (χ1v) is 4.67. The first-order valence-electron chi connectivity index (χ1n) is 3.85. The third-order valence-electron chi connectivity index (χ3n) is 1.66. The van der Waals surface area contributed by atoms with Crippen molar-refractivity contribution < 1.29 is 4.70 Å². The van der Waals surface area contributed by atoms with Crippen molar-refractivity contribution in [1.29, 1.82) is 0 Å². The van der Waals surface area contributed by atoms with Crippen LogP contribution in [0.3, 0.4) is 0 Å². The topological polar surface area (TPSA) is 12.9 Å². The predicted molar refractivity (Wildman–Crippen MR) is 56.0 cm³/mol. The van der Waals surface area contributed by atoms with Gasteiger partial charge in [0, 0.05) is 6.42 Å². The second kappa shape index (κ2) is 4.14. The van der Waals surface area contributed by atoms with Gasteiger partial charge in [0.1, 0.15) is 0 Å². The minimum atomic E-state index is 0. The highest BCUT2D eigenvalue weighted by atomic mass is 32.1. The fourth-order valence-corrected chi connectivity index (χ4v) is 2.09. The maximum atomic E-state index is 4.45. The van der Waals surface area contributed by atoms with Crippen molar-refractivity contribution in [3.05, 3.63) is 41.9 Å². The van der Waals surface area contributed by atoms with Crippen molar-refractivity contribution in [3.8, 4) is 0 Å². The zero-order valence-electron chi connectivity index (χ0n) is 7.06. The Morgan fingerprint density at radius 3 is 2.85 bits per heavy atom. The van der Waals surface area contributed by atoms with E-state index >= 15 is 0 Å². The van der Waals surface area contributed by atoms with Crippen LogP contribution in [0.15, 0.2) is 36.9 Å². The van der Waals surface area contributed by atoms with Gasteiger partial charge in [-0.1, -0.05) is 18.2 Å². The van der Waals surface area contributed by atoms with Gasteiger partial charge in [-0.05, 0) is 12.1 Å². The average molecular weight is 195 g/mol. The molecule has 0 bridgehead atoms. The molecule has 1 aromatic carbocycles. The lowest BCUT2D eigenvalue weighted by Crippen LogP contribution is -1.74. The van der Waals surface area contributed by atoms with E-state index in [4.69, 9.17) is 0 Å². The van der Waals surface area contributed by atoms with E-state index in [0.29, 0.717) is 0 Å². The number of thiazole rings is 1. The summed E-state index contributed by atoms with van der Waals surface area (Å²) in [6.45, 7) is 3.69. The molecule has 0 atom stereocenters. The monoisotopic (exact) mass is 195 g/mol. The molecule has 2 aromatic rings. The van der Waals surface area contributed by atoms with E-state index in [-0.39, 0.29) is 4.70 Å². The highest BCUT2D eigenvalue weighted by Gasteiger charge is 1.99. The van der Waals surface area contributed by atoms with Crippen LogP contribution in [0, 0.1) is 0 Å². The number of halogens is 1. The molecule has 0 saturated heterocycles. The minimum Gasteiger partial charge on any atom is -0.269 e. The lowest BCUT2D eigenvalue weighted by molar-refractivity contribution is 1.11. The molecule has 0 aliphatic heterocycles. The summed E-state index contributed by atoms with van der Waals surface area (Å²) in [6.07, 6.45) is 2.76. The molecule has 0 amide bonds. The number of hydrogen-bond donors (Lipinski definition) is 0. The van der Waals surface area contributed by atoms with Crippen LogP contribution >= 0.6 is 11.3 Å². The molecule has 0 radical (unpaired) electrons. The Labute approximate surface area is 80.1 Å². The number of nitrogens with zero attached hydrogens (tertiary/aromatic N) is 1. The fourth-order valence-electron chi connectivity index (χ4n) is 1.13. The SMILES string of the molecule is C=CCc1nc2ccccc2s1.F. The number of allylic oxidation sites excluding steroid dienone is 1. The number of benzene rings is 1. The van der Waals surface area contributed by atoms with Crippen LogP contribution in [-0.2, 0) is 6.42 Å². The predicted octanol–water partition coefficient (Wildman–Crippen LogP) is 3.18. The van der Waals surface area contributed by atoms with Gasteiger partial charge < -0.3 is 0 Å². The quantitative estimate of drug-likeness (QED) is 0.671. The van der Waals surface area contributed by atoms with E-state index in [0.717, 1.165) is 16.9 Å². The van der Waals surface area contributed by atoms with Gasteiger partial charge in [-0.25, -0.2) is 4.98 Å². The molecule has 1 nitrogen and oxygen atoms in total. The van der Waals surface area contributed by atoms with Crippen LogP contribution < -0.4 is 0 Å². The Hall–Kier alpha value is -1.22. The first kappa shape index (κ1) is 9.86. The Morgan fingerprint density at radius 2 is 2.15 bits per heavy atom. The van der Waals surface area contributed by atoms with Gasteiger partial charge in [-0.15, -0.1) is 17.9 Å². The summed E-state index contributed by atoms with van der Waals surface area (Å²) in [5.74, 6) is 0. The van der Waals surface area contributed by atoms with E-state index in [1.165, 1.54) is 4.70 Å². The number of aromatic nitrogens is 1. The van der Waals surface area contributed by atoms with Gasteiger partial charge in [0.25, 0.3) is 0 Å². The Balaban J connectivity index is 0.000000845. The largest absolute Gasteiger partial charge is 0.269 e. The van der Waals surface area contributed by atoms with Crippen LogP contribution in [0.1, 0.15) is 5.01 Å². The van der Waals surface area contributed by atoms with Crippen molar-refractivity contribution in [2.45, 2.75) is 6.42 Å². The van der Waals surface area contributed by atoms with Gasteiger partial charge in [-0.2, -0.15) is 0 Å². The van der Waals surface area contributed by atoms with Crippen LogP contribution in [-0.4, -0.2) is 4.98 Å². The van der Waals surface area contributed by atoms with Crippen molar-refractivity contribution >= 4 is 21.6 Å². The highest BCUT2D eigenvalue weighted by molar-refractivity contribution is 7.18. The molecule has 0 unspecified atom stereocenters. The lowest BCUT2D eigenvalue weighted by Gasteiger charge is -1.81. The third-order valence-corrected chi connectivity index (χ3v) is 2.72. The second-order valence-electron chi connectivity index (χ2n) is 2.57. The number of rotatable bonds is 2. The number of para-hydroxylation sites is 1. The minimum absolute atomic E-state index is 0. The van der Waals surface area contributed by atoms with Crippen molar-refractivity contribution in [2.24, 2.45) is 0 Å². The van der Waals surface area contributed by atoms with E-state index in [1.807, 2.05) is 24.3 Å². The molecule has 3 heteroatoms. The van der Waals surface area contributed by atoms with Crippen molar-refractivity contribution in [2.75, 3.05) is 0 Å². The molecular weight excluding hydrogens is 185 g/mol. The van der Waals surface area contributed by atoms with Gasteiger partial charge in [-0.3, -0.25) is 4.70 Å². The van der Waals surface area contributed by atoms with Gasteiger partial charge in [0.05, 0.1) is 15.2 Å². The molecular formula is C10H10FNS. The summed E-state index contributed by atoms with van der Waals surface area (Å²) >= 11 is 1.74. The molecule has 13 heavy (non-hydrogen) atoms. The van der Waals surface area contributed by atoms with Crippen molar-refractivity contribution in [1.82, 2.24) is 4.98 Å². The number of fused-ring (bicyclic) bond motifs is 1. The first-order chi connectivity index (χ1) is 5.90. The molecule has 0 fully saturated rings. The fraction of sp³-hybridized carbons (Fsp3) is 0.100. The highest BCUT2D eigenvalue weighted by Crippen LogP contribution is 2.21. The molecule has 0 aliphatic rings. The molecule has 0 saturated carbocycles. The summed E-state index contributed by atoms with van der Waals surface area (Å²) in [7, 11) is 0. The van der Waals surface area contributed by atoms with Crippen LogP contribution in [0.2, 0.25) is 0 Å². The van der Waals surface area contributed by atoms with Gasteiger partial charge >= 0.3 is 0 Å². The molecule has 0 N–H and O–H groups in total. The van der Waals surface area contributed by atoms with Gasteiger partial charge in [0.15, 0.2) is 0 Å². The third kappa shape index (κ3) is 1.92. The molecule has 0 spiro atoms. The van der Waals surface area contributed by atoms with E-state index in [2.05, 4.69) is 17.6 Å². The normalized spacial score (nSPS) is 9.54. The van der Waals surface area contributed by atoms with E-state index in [9.17, 15) is 0 Å². The second-order valence-corrected chi connectivity index (χ2v) is 3.68. The van der Waals surface area contributed by atoms with Crippen molar-refractivity contribution in [3.63, 3.8) is 0 Å². The van der Waals surface area contributed by atoms with Gasteiger partial charge in [0.2, 0.25) is 0 Å². The molecule has 1 heterocycles. The molecule has 1 aromatic heterocycles. The Kier molecular flexibility index (Phi) is 3.14. The maximum Gasteiger partial charge on any atom is 0.0976 e. The Morgan fingerprint density at radius 1 is 1.38 bits per heavy atom. The van der Waals surface area contributed by atoms with Crippen LogP contribution in [0.4, 0.5) is 4.70 Å². The summed E-state index contributed by atoms with van der Waals surface area (Å²) in [5.41, 5.74) is 1.10. The zero-order valence-corrected chi connectivity index (χ0v) is 7.88. The number of hydrogen-bond acceptors (Lipinski definition) is 2. The standard InChI is InChI=1S/C10H9NS.FH/c1-2-5-10-11-8-6-3-4-7-9(8)12-10;/h2-4,6-7H,1,5H2;1H. The molecule has 0 aliphatic carbocycles. The Bertz CT molecular complexity index is 375. The summed E-state index contributed by atoms with van der Waals surface area (Å²) in [6, 6.07) is 8.19. The van der Waals surface area contributed by atoms with Crippen LogP contribution in [0.5, 0.6) is 0 Å². The summed E-state index contributed by atoms with van der Waals surface area (Å²) < 4.78 is 1.26. The molecule has 2 rings (SSSR count). The maximum absolute atomic E-state index is 4.45. The lowest BCUT2D eigenvalue weighted by atomic mass is 10.3. The zero-order chi connectivity index (χ0) is 8.39. The van der Waals surface area contributed by atoms with E-state index in [1.54, 1.807) is 11.3 Å². The molecule has 68 valence electrons. The van der Waals surface area contributed by atoms with Crippen LogP contribution in [0.25, 0.3) is 10.2 Å².